The molecule has 0 amide bonds. The maximum atomic E-state index is 6.78. The first kappa shape index (κ1) is 22.8. The Labute approximate surface area is 171 Å². The molecule has 0 radical (unpaired) electrons. The zero-order valence-electron chi connectivity index (χ0n) is 16.0. The molecule has 0 aliphatic carbocycles. The standard InChI is InChI=1S/C21H29OSi.BrH.Zn/c1-18(2)16-17-22-23(21(3,4)5,19-12-8-6-9-13-19)20-14-10-7-11-15-20;;/h6-15,18H,1,16-17H2,2-5H3;1H;/q-1;;+2/p-1/t18-;;/m1../s1. The Morgan fingerprint density at radius 3 is 1.68 bits per heavy atom. The summed E-state index contributed by atoms with van der Waals surface area (Å²) in [5.74, 6) is 0.410. The SMILES string of the molecule is [CH2-][C@H](C)CCO[Si](c1ccccc1)(c1ccccc1)C(C)(C)C.[Zn+][Br]. The number of hydrogen-bond donors (Lipinski definition) is 0. The second-order valence-corrected chi connectivity index (χ2v) is 11.7. The Balaban J connectivity index is 0.00000151. The van der Waals surface area contributed by atoms with Crippen molar-refractivity contribution in [3.05, 3.63) is 67.6 Å². The van der Waals surface area contributed by atoms with E-state index < -0.39 is 8.32 Å². The molecule has 4 heteroatoms. The van der Waals surface area contributed by atoms with Gasteiger partial charge in [-0.25, -0.2) is 0 Å². The molecule has 0 aliphatic heterocycles. The van der Waals surface area contributed by atoms with Crippen LogP contribution < -0.4 is 10.4 Å². The minimum absolute atomic E-state index is 0.0557. The molecule has 0 fully saturated rings. The van der Waals surface area contributed by atoms with Crippen molar-refractivity contribution in [2.24, 2.45) is 5.92 Å². The van der Waals surface area contributed by atoms with Crippen LogP contribution in [0.15, 0.2) is 60.7 Å². The summed E-state index contributed by atoms with van der Waals surface area (Å²) in [4.78, 5) is 0. The molecule has 0 saturated heterocycles. The molecule has 0 N–H and O–H groups in total. The monoisotopic (exact) mass is 468 g/mol. The van der Waals surface area contributed by atoms with Gasteiger partial charge in [0.05, 0.1) is 0 Å². The number of hydrogen-bond acceptors (Lipinski definition) is 1. The third-order valence-corrected chi connectivity index (χ3v) is 9.39. The Morgan fingerprint density at radius 1 is 0.960 bits per heavy atom. The fourth-order valence-corrected chi connectivity index (χ4v) is 7.75. The molecule has 1 atom stereocenters. The van der Waals surface area contributed by atoms with E-state index in [9.17, 15) is 0 Å². The van der Waals surface area contributed by atoms with Gasteiger partial charge in [-0.2, -0.15) is 5.92 Å². The number of halogens is 1. The molecular formula is C21H29BrOSiZn. The zero-order chi connectivity index (χ0) is 18.9. The Kier molecular flexibility index (Phi) is 9.80. The molecule has 0 aromatic heterocycles. The van der Waals surface area contributed by atoms with E-state index in [4.69, 9.17) is 4.43 Å². The van der Waals surface area contributed by atoms with Gasteiger partial charge in [0.15, 0.2) is 0 Å². The van der Waals surface area contributed by atoms with Crippen molar-refractivity contribution in [3.63, 3.8) is 0 Å². The minimum atomic E-state index is -2.34. The average molecular weight is 471 g/mol. The van der Waals surface area contributed by atoms with Gasteiger partial charge in [-0.3, -0.25) is 0 Å². The van der Waals surface area contributed by atoms with E-state index in [1.54, 1.807) is 0 Å². The molecular weight excluding hydrogens is 442 g/mol. The summed E-state index contributed by atoms with van der Waals surface area (Å²) in [5, 5.41) is 2.74. The molecule has 0 spiro atoms. The van der Waals surface area contributed by atoms with Crippen LogP contribution in [0.4, 0.5) is 0 Å². The Bertz CT molecular complexity index is 557. The first-order chi connectivity index (χ1) is 11.9. The van der Waals surface area contributed by atoms with E-state index in [1.165, 1.54) is 26.7 Å². The maximum absolute atomic E-state index is 6.78. The van der Waals surface area contributed by atoms with Crippen LogP contribution >= 0.6 is 13.6 Å². The van der Waals surface area contributed by atoms with Gasteiger partial charge in [0.25, 0.3) is 8.32 Å². The molecule has 2 rings (SSSR count). The van der Waals surface area contributed by atoms with Crippen molar-refractivity contribution >= 4 is 32.3 Å². The van der Waals surface area contributed by atoms with E-state index in [0.717, 1.165) is 13.0 Å². The fourth-order valence-electron chi connectivity index (χ4n) is 3.17. The van der Waals surface area contributed by atoms with Crippen molar-refractivity contribution < 1.29 is 20.8 Å². The molecule has 132 valence electrons. The van der Waals surface area contributed by atoms with Crippen molar-refractivity contribution in [2.45, 2.75) is 39.2 Å². The summed E-state index contributed by atoms with van der Waals surface area (Å²) in [6.07, 6.45) is 0.991. The summed E-state index contributed by atoms with van der Waals surface area (Å²) >= 11 is 4.25. The van der Waals surface area contributed by atoms with Crippen molar-refractivity contribution in [1.29, 1.82) is 0 Å². The summed E-state index contributed by atoms with van der Waals surface area (Å²) in [6.45, 7) is 13.9. The van der Waals surface area contributed by atoms with Gasteiger partial charge in [0.1, 0.15) is 0 Å². The van der Waals surface area contributed by atoms with E-state index in [0.29, 0.717) is 5.92 Å². The van der Waals surface area contributed by atoms with Gasteiger partial charge in [-0.1, -0.05) is 94.8 Å². The average Bonchev–Trinajstić information content (AvgIpc) is 2.61. The van der Waals surface area contributed by atoms with E-state index in [2.05, 4.69) is 109 Å². The zero-order valence-corrected chi connectivity index (χ0v) is 21.5. The topological polar surface area (TPSA) is 9.23 Å². The summed E-state index contributed by atoms with van der Waals surface area (Å²) in [7, 11) is -2.34. The summed E-state index contributed by atoms with van der Waals surface area (Å²) in [6, 6.07) is 21.6. The number of rotatable bonds is 6. The van der Waals surface area contributed by atoms with Crippen LogP contribution in [-0.2, 0) is 20.8 Å². The summed E-state index contributed by atoms with van der Waals surface area (Å²) < 4.78 is 6.78. The van der Waals surface area contributed by atoms with Crippen LogP contribution in [0.5, 0.6) is 0 Å². The first-order valence-corrected chi connectivity index (χ1v) is 17.6. The molecule has 0 aliphatic rings. The van der Waals surface area contributed by atoms with Crippen LogP contribution in [0.2, 0.25) is 5.04 Å². The second-order valence-electron chi connectivity index (χ2n) is 7.41. The molecule has 0 unspecified atom stereocenters. The van der Waals surface area contributed by atoms with Crippen LogP contribution in [0.1, 0.15) is 34.1 Å². The molecule has 2 aromatic carbocycles. The van der Waals surface area contributed by atoms with Crippen molar-refractivity contribution in [3.8, 4) is 0 Å². The predicted molar refractivity (Wildman–Crippen MR) is 112 cm³/mol. The first-order valence-electron chi connectivity index (χ1n) is 8.73. The van der Waals surface area contributed by atoms with Gasteiger partial charge in [-0.05, 0) is 15.4 Å². The molecule has 25 heavy (non-hydrogen) atoms. The van der Waals surface area contributed by atoms with E-state index in [-0.39, 0.29) is 5.04 Å². The molecule has 2 aromatic rings. The normalized spacial score (nSPS) is 13.0. The Hall–Kier alpha value is -0.280. The Morgan fingerprint density at radius 2 is 1.36 bits per heavy atom. The molecule has 0 saturated carbocycles. The van der Waals surface area contributed by atoms with E-state index >= 15 is 0 Å². The molecule has 0 bridgehead atoms. The van der Waals surface area contributed by atoms with Crippen molar-refractivity contribution in [2.75, 3.05) is 6.61 Å². The van der Waals surface area contributed by atoms with Gasteiger partial charge in [0, 0.05) is 6.61 Å². The van der Waals surface area contributed by atoms with Crippen LogP contribution in [0, 0.1) is 12.8 Å². The van der Waals surface area contributed by atoms with Crippen LogP contribution in [0.25, 0.3) is 0 Å². The van der Waals surface area contributed by atoms with Gasteiger partial charge in [0.2, 0.25) is 0 Å². The van der Waals surface area contributed by atoms with Gasteiger partial charge < -0.3 is 11.3 Å². The van der Waals surface area contributed by atoms with Crippen LogP contribution in [0.3, 0.4) is 0 Å². The van der Waals surface area contributed by atoms with E-state index in [1.807, 2.05) is 0 Å². The molecule has 1 nitrogen and oxygen atoms in total. The van der Waals surface area contributed by atoms with Crippen LogP contribution in [-0.4, -0.2) is 14.9 Å². The third-order valence-electron chi connectivity index (χ3n) is 4.35. The molecule has 0 heterocycles. The van der Waals surface area contributed by atoms with Crippen molar-refractivity contribution in [1.82, 2.24) is 0 Å². The predicted octanol–water partition coefficient (Wildman–Crippen LogP) is 5.27. The quantitative estimate of drug-likeness (QED) is 0.413. The third kappa shape index (κ3) is 5.85. The van der Waals surface area contributed by atoms with Gasteiger partial charge in [-0.15, -0.1) is 0 Å². The second kappa shape index (κ2) is 10.8. The summed E-state index contributed by atoms with van der Waals surface area (Å²) in [5.41, 5.74) is 0. The number of benzene rings is 2. The fraction of sp³-hybridized carbons (Fsp3) is 0.381. The van der Waals surface area contributed by atoms with Gasteiger partial charge >= 0.3 is 30.0 Å².